The summed E-state index contributed by atoms with van der Waals surface area (Å²) in [6.07, 6.45) is 1.46. The maximum absolute atomic E-state index is 5.49. The van der Waals surface area contributed by atoms with Crippen LogP contribution in [0.4, 0.5) is 0 Å². The minimum Gasteiger partial charge on any atom is -0.379 e. The van der Waals surface area contributed by atoms with Crippen molar-refractivity contribution >= 4 is 11.8 Å². The van der Waals surface area contributed by atoms with Gasteiger partial charge in [0.05, 0.1) is 13.2 Å². The first-order chi connectivity index (χ1) is 6.34. The van der Waals surface area contributed by atoms with Crippen LogP contribution in [-0.2, 0) is 4.74 Å². The number of ether oxygens (including phenoxy) is 1. The molecule has 1 aromatic rings. The van der Waals surface area contributed by atoms with Gasteiger partial charge in [-0.15, -0.1) is 10.2 Å². The average Bonchev–Trinajstić information content (AvgIpc) is 2.52. The van der Waals surface area contributed by atoms with Crippen molar-refractivity contribution in [2.75, 3.05) is 31.4 Å². The van der Waals surface area contributed by atoms with E-state index in [1.54, 1.807) is 0 Å². The molecule has 0 amide bonds. The first-order valence-corrected chi connectivity index (χ1v) is 4.89. The van der Waals surface area contributed by atoms with Crippen LogP contribution in [0.5, 0.6) is 0 Å². The van der Waals surface area contributed by atoms with Crippen LogP contribution in [0.25, 0.3) is 0 Å². The van der Waals surface area contributed by atoms with Gasteiger partial charge in [-0.05, 0) is 0 Å². The Morgan fingerprint density at radius 2 is 2.38 bits per heavy atom. The summed E-state index contributed by atoms with van der Waals surface area (Å²) in [5.41, 5.74) is 5.25. The Morgan fingerprint density at radius 1 is 1.54 bits per heavy atom. The Balaban J connectivity index is 2.10. The Kier molecular flexibility index (Phi) is 4.58. The highest BCUT2D eigenvalue weighted by molar-refractivity contribution is 7.99. The normalized spacial score (nSPS) is 10.5. The topological polar surface area (TPSA) is 92.0 Å². The summed E-state index contributed by atoms with van der Waals surface area (Å²) in [4.78, 5) is 0. The predicted molar refractivity (Wildman–Crippen MR) is 50.8 cm³/mol. The van der Waals surface area contributed by atoms with Gasteiger partial charge in [-0.3, -0.25) is 0 Å². The summed E-state index contributed by atoms with van der Waals surface area (Å²) in [6.45, 7) is 1.79. The monoisotopic (exact) mass is 203 g/mol. The smallest absolute Gasteiger partial charge is 0.209 e. The van der Waals surface area contributed by atoms with Gasteiger partial charge < -0.3 is 16.3 Å². The minimum absolute atomic E-state index is 0.553. The van der Waals surface area contributed by atoms with Gasteiger partial charge >= 0.3 is 0 Å². The van der Waals surface area contributed by atoms with E-state index in [1.807, 2.05) is 0 Å². The Hall–Kier alpha value is -0.790. The quantitative estimate of drug-likeness (QED) is 0.352. The van der Waals surface area contributed by atoms with Crippen molar-refractivity contribution in [1.29, 1.82) is 0 Å². The van der Waals surface area contributed by atoms with Gasteiger partial charge in [0.2, 0.25) is 5.16 Å². The molecular weight excluding hydrogens is 190 g/mol. The molecule has 7 heteroatoms. The van der Waals surface area contributed by atoms with E-state index in [-0.39, 0.29) is 0 Å². The molecule has 0 saturated heterocycles. The van der Waals surface area contributed by atoms with E-state index < -0.39 is 0 Å². The van der Waals surface area contributed by atoms with E-state index in [1.165, 1.54) is 22.8 Å². The largest absolute Gasteiger partial charge is 0.379 e. The first-order valence-electron chi connectivity index (χ1n) is 3.90. The molecule has 0 unspecified atom stereocenters. The number of rotatable bonds is 6. The SMILES string of the molecule is NCCOCCSc1nncn1N. The molecule has 0 saturated carbocycles. The van der Waals surface area contributed by atoms with Crippen molar-refractivity contribution in [2.45, 2.75) is 5.16 Å². The molecule has 13 heavy (non-hydrogen) atoms. The highest BCUT2D eigenvalue weighted by Gasteiger charge is 2.00. The molecule has 0 aromatic carbocycles. The Morgan fingerprint density at radius 3 is 3.00 bits per heavy atom. The van der Waals surface area contributed by atoms with Crippen molar-refractivity contribution in [2.24, 2.45) is 5.73 Å². The van der Waals surface area contributed by atoms with E-state index in [0.717, 1.165) is 5.75 Å². The fourth-order valence-electron chi connectivity index (χ4n) is 0.713. The van der Waals surface area contributed by atoms with E-state index in [0.29, 0.717) is 24.9 Å². The number of nitrogen functional groups attached to an aromatic ring is 1. The molecule has 0 spiro atoms. The molecule has 74 valence electrons. The lowest BCUT2D eigenvalue weighted by molar-refractivity contribution is 0.158. The maximum Gasteiger partial charge on any atom is 0.209 e. The van der Waals surface area contributed by atoms with Crippen molar-refractivity contribution in [3.63, 3.8) is 0 Å². The second-order valence-electron chi connectivity index (χ2n) is 2.27. The van der Waals surface area contributed by atoms with Crippen LogP contribution in [0.15, 0.2) is 11.5 Å². The summed E-state index contributed by atoms with van der Waals surface area (Å²) in [5, 5.41) is 8.14. The highest BCUT2D eigenvalue weighted by atomic mass is 32.2. The fourth-order valence-corrected chi connectivity index (χ4v) is 1.40. The average molecular weight is 203 g/mol. The second kappa shape index (κ2) is 5.79. The third-order valence-electron chi connectivity index (χ3n) is 1.26. The van der Waals surface area contributed by atoms with Crippen LogP contribution in [0.1, 0.15) is 0 Å². The third kappa shape index (κ3) is 3.62. The zero-order valence-corrected chi connectivity index (χ0v) is 8.04. The van der Waals surface area contributed by atoms with Crippen LogP contribution in [0.3, 0.4) is 0 Å². The summed E-state index contributed by atoms with van der Waals surface area (Å²) in [6, 6.07) is 0. The van der Waals surface area contributed by atoms with Gasteiger partial charge in [0, 0.05) is 12.3 Å². The van der Waals surface area contributed by atoms with Crippen LogP contribution < -0.4 is 11.6 Å². The van der Waals surface area contributed by atoms with Crippen LogP contribution in [0.2, 0.25) is 0 Å². The lowest BCUT2D eigenvalue weighted by Crippen LogP contribution is -2.11. The molecule has 6 nitrogen and oxygen atoms in total. The van der Waals surface area contributed by atoms with E-state index in [2.05, 4.69) is 10.2 Å². The number of aromatic nitrogens is 3. The highest BCUT2D eigenvalue weighted by Crippen LogP contribution is 2.11. The van der Waals surface area contributed by atoms with Crippen LogP contribution >= 0.6 is 11.8 Å². The van der Waals surface area contributed by atoms with Crippen LogP contribution in [-0.4, -0.2) is 40.4 Å². The number of hydrogen-bond acceptors (Lipinski definition) is 6. The number of nitrogens with two attached hydrogens (primary N) is 2. The Bertz CT molecular complexity index is 241. The minimum atomic E-state index is 0.553. The Labute approximate surface area is 80.6 Å². The zero-order chi connectivity index (χ0) is 9.52. The van der Waals surface area contributed by atoms with Gasteiger partial charge in [0.25, 0.3) is 0 Å². The molecule has 1 rings (SSSR count). The van der Waals surface area contributed by atoms with Gasteiger partial charge in [-0.2, -0.15) is 0 Å². The van der Waals surface area contributed by atoms with Crippen molar-refractivity contribution in [3.05, 3.63) is 6.33 Å². The molecule has 1 aromatic heterocycles. The maximum atomic E-state index is 5.49. The molecule has 0 aliphatic rings. The molecule has 0 atom stereocenters. The van der Waals surface area contributed by atoms with E-state index in [9.17, 15) is 0 Å². The molecule has 0 bridgehead atoms. The van der Waals surface area contributed by atoms with Crippen molar-refractivity contribution in [1.82, 2.24) is 14.9 Å². The van der Waals surface area contributed by atoms with Gasteiger partial charge in [0.1, 0.15) is 6.33 Å². The molecule has 0 fully saturated rings. The summed E-state index contributed by atoms with van der Waals surface area (Å²) in [5.74, 6) is 6.29. The summed E-state index contributed by atoms with van der Waals surface area (Å²) < 4.78 is 6.56. The van der Waals surface area contributed by atoms with Gasteiger partial charge in [-0.25, -0.2) is 4.68 Å². The second-order valence-corrected chi connectivity index (χ2v) is 3.33. The summed E-state index contributed by atoms with van der Waals surface area (Å²) >= 11 is 1.50. The lowest BCUT2D eigenvalue weighted by atomic mass is 10.7. The van der Waals surface area contributed by atoms with Gasteiger partial charge in [0.15, 0.2) is 0 Å². The molecule has 0 radical (unpaired) electrons. The van der Waals surface area contributed by atoms with Crippen molar-refractivity contribution < 1.29 is 4.74 Å². The van der Waals surface area contributed by atoms with Crippen LogP contribution in [0, 0.1) is 0 Å². The zero-order valence-electron chi connectivity index (χ0n) is 7.22. The lowest BCUT2D eigenvalue weighted by Gasteiger charge is -2.01. The third-order valence-corrected chi connectivity index (χ3v) is 2.18. The molecule has 1 heterocycles. The predicted octanol–water partition coefficient (Wildman–Crippen LogP) is -0.941. The summed E-state index contributed by atoms with van der Waals surface area (Å²) in [7, 11) is 0. The van der Waals surface area contributed by atoms with Crippen molar-refractivity contribution in [3.8, 4) is 0 Å². The van der Waals surface area contributed by atoms with E-state index >= 15 is 0 Å². The standard InChI is InChI=1S/C6H13N5OS/c7-1-2-12-3-4-13-6-10-9-5-11(6)8/h5H,1-4,7-8H2. The first kappa shape index (κ1) is 10.3. The van der Waals surface area contributed by atoms with Gasteiger partial charge in [-0.1, -0.05) is 11.8 Å². The molecule has 4 N–H and O–H groups in total. The van der Waals surface area contributed by atoms with E-state index in [4.69, 9.17) is 16.3 Å². The molecule has 0 aliphatic heterocycles. The number of thioether (sulfide) groups is 1. The number of hydrogen-bond donors (Lipinski definition) is 2. The fraction of sp³-hybridized carbons (Fsp3) is 0.667. The number of nitrogens with zero attached hydrogens (tertiary/aromatic N) is 3. The molecule has 0 aliphatic carbocycles. The molecular formula is C6H13N5OS.